The molecule has 0 aliphatic rings. The fraction of sp³-hybridized carbons (Fsp3) is 0.667. The van der Waals surface area contributed by atoms with Crippen LogP contribution in [-0.4, -0.2) is 46.6 Å². The molecule has 0 aliphatic carbocycles. The molecule has 0 bridgehead atoms. The summed E-state index contributed by atoms with van der Waals surface area (Å²) < 4.78 is 1.67. The van der Waals surface area contributed by atoms with E-state index in [1.54, 1.807) is 0 Å². The maximum Gasteiger partial charge on any atom is 0.146 e. The average molecular weight is 299 g/mol. The predicted octanol–water partition coefficient (Wildman–Crippen LogP) is 2.06. The summed E-state index contributed by atoms with van der Waals surface area (Å²) >= 11 is 10.1. The van der Waals surface area contributed by atoms with E-state index in [0.717, 1.165) is 8.64 Å². The van der Waals surface area contributed by atoms with Crippen LogP contribution in [0.15, 0.2) is 0 Å². The van der Waals surface area contributed by atoms with Crippen molar-refractivity contribution in [1.29, 1.82) is 0 Å². The van der Waals surface area contributed by atoms with Gasteiger partial charge in [0.1, 0.15) is 8.64 Å². The Hall–Kier alpha value is 0.974. The van der Waals surface area contributed by atoms with E-state index in [1.807, 2.05) is 38.0 Å². The normalized spacial score (nSPS) is 8.62. The predicted molar refractivity (Wildman–Crippen MR) is 67.8 cm³/mol. The van der Waals surface area contributed by atoms with Crippen molar-refractivity contribution >= 4 is 54.7 Å². The number of rotatable bonds is 0. The zero-order valence-electron chi connectivity index (χ0n) is 7.84. The molecule has 0 aromatic carbocycles. The second kappa shape index (κ2) is 8.30. The molecule has 0 unspecified atom stereocenters. The van der Waals surface area contributed by atoms with E-state index in [4.69, 9.17) is 24.4 Å². The molecule has 2 nitrogen and oxygen atoms in total. The summed E-state index contributed by atoms with van der Waals surface area (Å²) in [5.41, 5.74) is 0. The van der Waals surface area contributed by atoms with Crippen molar-refractivity contribution < 1.29 is 16.5 Å². The molecule has 0 heterocycles. The van der Waals surface area contributed by atoms with Gasteiger partial charge in [0.05, 0.1) is 0 Å². The Morgan fingerprint density at radius 2 is 1.08 bits per heavy atom. The SMILES string of the molecule is CN(C)C(=S)SSC(=S)N(C)C.[Ni]. The summed E-state index contributed by atoms with van der Waals surface area (Å²) in [6, 6.07) is 0. The van der Waals surface area contributed by atoms with Crippen LogP contribution >= 0.6 is 46.0 Å². The third-order valence-corrected chi connectivity index (χ3v) is 5.07. The van der Waals surface area contributed by atoms with E-state index in [9.17, 15) is 0 Å². The first kappa shape index (κ1) is 16.4. The Labute approximate surface area is 108 Å². The Balaban J connectivity index is 0. The Bertz CT molecular complexity index is 163. The minimum absolute atomic E-state index is 0. The van der Waals surface area contributed by atoms with Gasteiger partial charge in [-0.05, 0) is 21.6 Å². The van der Waals surface area contributed by atoms with Gasteiger partial charge in [0.25, 0.3) is 0 Å². The Kier molecular flexibility index (Phi) is 10.5. The molecule has 0 saturated heterocycles. The number of hydrogen-bond acceptors (Lipinski definition) is 4. The second-order valence-electron chi connectivity index (χ2n) is 2.49. The summed E-state index contributed by atoms with van der Waals surface area (Å²) in [6.07, 6.45) is 0. The van der Waals surface area contributed by atoms with Gasteiger partial charge >= 0.3 is 0 Å². The standard InChI is InChI=1S/C6H12N2S4.Ni/c1-7(2)5(9)11-12-6(10)8(3)4;/h1-4H3;. The summed E-state index contributed by atoms with van der Waals surface area (Å²) in [5, 5.41) is 0. The number of thiocarbonyl (C=S) groups is 2. The smallest absolute Gasteiger partial charge is 0.146 e. The van der Waals surface area contributed by atoms with E-state index in [1.165, 1.54) is 21.6 Å². The zero-order chi connectivity index (χ0) is 9.72. The minimum atomic E-state index is 0. The van der Waals surface area contributed by atoms with Crippen LogP contribution in [0.25, 0.3) is 0 Å². The molecule has 7 heteroatoms. The van der Waals surface area contributed by atoms with Gasteiger partial charge in [-0.15, -0.1) is 0 Å². The van der Waals surface area contributed by atoms with Crippen LogP contribution in [0.4, 0.5) is 0 Å². The Morgan fingerprint density at radius 1 is 0.846 bits per heavy atom. The van der Waals surface area contributed by atoms with Crippen LogP contribution in [0.5, 0.6) is 0 Å². The third kappa shape index (κ3) is 8.00. The van der Waals surface area contributed by atoms with Crippen LogP contribution in [0.2, 0.25) is 0 Å². The molecule has 0 aromatic heterocycles. The van der Waals surface area contributed by atoms with Crippen molar-refractivity contribution in [3.8, 4) is 0 Å². The molecule has 0 radical (unpaired) electrons. The van der Waals surface area contributed by atoms with E-state index in [-0.39, 0.29) is 16.5 Å². The summed E-state index contributed by atoms with van der Waals surface area (Å²) in [6.45, 7) is 0. The summed E-state index contributed by atoms with van der Waals surface area (Å²) in [5.74, 6) is 0. The zero-order valence-corrected chi connectivity index (χ0v) is 12.1. The number of nitrogens with zero attached hydrogens (tertiary/aromatic N) is 2. The van der Waals surface area contributed by atoms with Crippen molar-refractivity contribution in [3.63, 3.8) is 0 Å². The molecule has 0 fully saturated rings. The first-order valence-corrected chi connectivity index (χ1v) is 6.19. The molecule has 0 aliphatic heterocycles. The molecule has 0 rings (SSSR count). The topological polar surface area (TPSA) is 6.48 Å². The summed E-state index contributed by atoms with van der Waals surface area (Å²) in [4.78, 5) is 3.79. The van der Waals surface area contributed by atoms with E-state index in [2.05, 4.69) is 0 Å². The van der Waals surface area contributed by atoms with Gasteiger partial charge in [0.2, 0.25) is 0 Å². The van der Waals surface area contributed by atoms with Crippen LogP contribution in [0, 0.1) is 0 Å². The fourth-order valence-corrected chi connectivity index (χ4v) is 2.60. The van der Waals surface area contributed by atoms with Crippen molar-refractivity contribution in [2.24, 2.45) is 0 Å². The molecular formula is C6H12N2NiS4. The molecular weight excluding hydrogens is 287 g/mol. The van der Waals surface area contributed by atoms with Crippen LogP contribution < -0.4 is 0 Å². The largest absolute Gasteiger partial charge is 0.363 e. The molecule has 0 spiro atoms. The van der Waals surface area contributed by atoms with Gasteiger partial charge in [0.15, 0.2) is 0 Å². The average Bonchev–Trinajstić information content (AvgIpc) is 1.98. The van der Waals surface area contributed by atoms with Crippen molar-refractivity contribution in [2.45, 2.75) is 0 Å². The maximum absolute atomic E-state index is 5.07. The van der Waals surface area contributed by atoms with Gasteiger partial charge < -0.3 is 9.80 Å². The van der Waals surface area contributed by atoms with Crippen molar-refractivity contribution in [3.05, 3.63) is 0 Å². The Morgan fingerprint density at radius 3 is 1.23 bits per heavy atom. The van der Waals surface area contributed by atoms with Crippen LogP contribution in [0.1, 0.15) is 0 Å². The molecule has 0 amide bonds. The maximum atomic E-state index is 5.07. The van der Waals surface area contributed by atoms with Crippen LogP contribution in [-0.2, 0) is 16.5 Å². The van der Waals surface area contributed by atoms with Gasteiger partial charge in [-0.25, -0.2) is 0 Å². The molecule has 0 N–H and O–H groups in total. The van der Waals surface area contributed by atoms with E-state index < -0.39 is 0 Å². The monoisotopic (exact) mass is 298 g/mol. The first-order valence-electron chi connectivity index (χ1n) is 3.22. The first-order chi connectivity index (χ1) is 5.45. The van der Waals surface area contributed by atoms with Gasteiger partial charge in [-0.1, -0.05) is 24.4 Å². The second-order valence-corrected chi connectivity index (χ2v) is 5.88. The van der Waals surface area contributed by atoms with E-state index in [0.29, 0.717) is 0 Å². The van der Waals surface area contributed by atoms with Crippen LogP contribution in [0.3, 0.4) is 0 Å². The number of hydrogen-bond donors (Lipinski definition) is 0. The van der Waals surface area contributed by atoms with E-state index >= 15 is 0 Å². The molecule has 0 atom stereocenters. The molecule has 80 valence electrons. The van der Waals surface area contributed by atoms with Gasteiger partial charge in [-0.2, -0.15) is 0 Å². The minimum Gasteiger partial charge on any atom is -0.363 e. The fourth-order valence-electron chi connectivity index (χ4n) is 0.220. The molecule has 0 saturated carbocycles. The van der Waals surface area contributed by atoms with Crippen molar-refractivity contribution in [2.75, 3.05) is 28.2 Å². The van der Waals surface area contributed by atoms with Gasteiger partial charge in [0, 0.05) is 44.7 Å². The molecule has 0 aromatic rings. The third-order valence-electron chi connectivity index (χ3n) is 0.915. The summed E-state index contributed by atoms with van der Waals surface area (Å²) in [7, 11) is 10.7. The quantitative estimate of drug-likeness (QED) is 0.381. The molecule has 13 heavy (non-hydrogen) atoms. The van der Waals surface area contributed by atoms with Crippen molar-refractivity contribution in [1.82, 2.24) is 9.80 Å². The van der Waals surface area contributed by atoms with Gasteiger partial charge in [-0.3, -0.25) is 0 Å².